The maximum Gasteiger partial charge on any atom is 0.175 e. The van der Waals surface area contributed by atoms with E-state index in [-0.39, 0.29) is 0 Å². The molecule has 0 spiro atoms. The molecule has 0 fully saturated rings. The summed E-state index contributed by atoms with van der Waals surface area (Å²) in [5, 5.41) is 12.2. The molecule has 0 bridgehead atoms. The van der Waals surface area contributed by atoms with Crippen LogP contribution in [0.5, 0.6) is 5.75 Å². The Balaban J connectivity index is 1.73. The third-order valence-corrected chi connectivity index (χ3v) is 4.64. The van der Waals surface area contributed by atoms with Gasteiger partial charge in [-0.2, -0.15) is 5.10 Å². The molecule has 3 aromatic rings. The quantitative estimate of drug-likeness (QED) is 0.589. The van der Waals surface area contributed by atoms with Crippen molar-refractivity contribution in [2.45, 2.75) is 20.4 Å². The van der Waals surface area contributed by atoms with Crippen LogP contribution < -0.4 is 15.4 Å². The van der Waals surface area contributed by atoms with E-state index >= 15 is 0 Å². The summed E-state index contributed by atoms with van der Waals surface area (Å²) < 4.78 is 7.25. The predicted molar refractivity (Wildman–Crippen MR) is 115 cm³/mol. The maximum absolute atomic E-state index is 5.91. The largest absolute Gasteiger partial charge is 0.497 e. The van der Waals surface area contributed by atoms with Gasteiger partial charge in [-0.25, -0.2) is 0 Å². The molecule has 0 radical (unpaired) electrons. The molecule has 1 heterocycles. The number of thiocarbonyl (C=S) groups is 1. The third kappa shape index (κ3) is 4.78. The standard InChI is InChI=1S/C20H21ClN4OS/c1-13-19(23-20(27)22-17-9-7-16(21)8-10-17)14(2)25(24-13)12-15-5-4-6-18(11-15)26-3/h4-11H,12H2,1-3H3,(H2,22,23,27). The first-order valence-electron chi connectivity index (χ1n) is 8.47. The molecule has 0 aliphatic carbocycles. The van der Waals surface area contributed by atoms with E-state index in [0.717, 1.165) is 34.1 Å². The fourth-order valence-electron chi connectivity index (χ4n) is 2.78. The fraction of sp³-hybridized carbons (Fsp3) is 0.200. The Morgan fingerprint density at radius 2 is 1.89 bits per heavy atom. The SMILES string of the molecule is COc1cccc(Cn2nc(C)c(NC(=S)Nc3ccc(Cl)cc3)c2C)c1. The van der Waals surface area contributed by atoms with E-state index in [4.69, 9.17) is 28.6 Å². The molecule has 3 rings (SSSR count). The lowest BCUT2D eigenvalue weighted by Crippen LogP contribution is -2.19. The number of anilines is 2. The Morgan fingerprint density at radius 3 is 2.59 bits per heavy atom. The number of aromatic nitrogens is 2. The zero-order chi connectivity index (χ0) is 19.4. The summed E-state index contributed by atoms with van der Waals surface area (Å²) >= 11 is 11.3. The second-order valence-corrected chi connectivity index (χ2v) is 6.99. The summed E-state index contributed by atoms with van der Waals surface area (Å²) in [6, 6.07) is 15.4. The Bertz CT molecular complexity index is 953. The van der Waals surface area contributed by atoms with Crippen LogP contribution in [0.2, 0.25) is 5.02 Å². The first-order chi connectivity index (χ1) is 13.0. The second-order valence-electron chi connectivity index (χ2n) is 6.14. The highest BCUT2D eigenvalue weighted by Crippen LogP contribution is 2.22. The average Bonchev–Trinajstić information content (AvgIpc) is 2.91. The summed E-state index contributed by atoms with van der Waals surface area (Å²) in [6.45, 7) is 4.64. The van der Waals surface area contributed by atoms with Gasteiger partial charge in [0.15, 0.2) is 5.11 Å². The minimum absolute atomic E-state index is 0.504. The van der Waals surface area contributed by atoms with Gasteiger partial charge >= 0.3 is 0 Å². The molecule has 2 aromatic carbocycles. The van der Waals surface area contributed by atoms with Crippen LogP contribution in [-0.4, -0.2) is 22.0 Å². The van der Waals surface area contributed by atoms with Crippen molar-refractivity contribution in [3.8, 4) is 5.75 Å². The minimum Gasteiger partial charge on any atom is -0.497 e. The number of ether oxygens (including phenoxy) is 1. The predicted octanol–water partition coefficient (Wildman–Crippen LogP) is 5.02. The topological polar surface area (TPSA) is 51.1 Å². The Labute approximate surface area is 169 Å². The van der Waals surface area contributed by atoms with Gasteiger partial charge in [0.2, 0.25) is 0 Å². The summed E-state index contributed by atoms with van der Waals surface area (Å²) in [7, 11) is 1.67. The van der Waals surface area contributed by atoms with E-state index in [2.05, 4.69) is 21.8 Å². The van der Waals surface area contributed by atoms with Crippen molar-refractivity contribution in [2.24, 2.45) is 0 Å². The first kappa shape index (κ1) is 19.2. The molecule has 0 atom stereocenters. The van der Waals surface area contributed by atoms with E-state index in [1.54, 1.807) is 7.11 Å². The summed E-state index contributed by atoms with van der Waals surface area (Å²) in [6.07, 6.45) is 0. The van der Waals surface area contributed by atoms with Crippen LogP contribution in [0, 0.1) is 13.8 Å². The van der Waals surface area contributed by atoms with E-state index < -0.39 is 0 Å². The van der Waals surface area contributed by atoms with Crippen molar-refractivity contribution in [2.75, 3.05) is 17.7 Å². The van der Waals surface area contributed by atoms with Crippen LogP contribution in [0.3, 0.4) is 0 Å². The number of nitrogens with one attached hydrogen (secondary N) is 2. The van der Waals surface area contributed by atoms with Crippen molar-refractivity contribution in [1.29, 1.82) is 0 Å². The van der Waals surface area contributed by atoms with Gasteiger partial charge in [0.25, 0.3) is 0 Å². The molecule has 140 valence electrons. The summed E-state index contributed by atoms with van der Waals surface area (Å²) in [5.74, 6) is 0.834. The van der Waals surface area contributed by atoms with Crippen LogP contribution in [0.4, 0.5) is 11.4 Å². The second kappa shape index (κ2) is 8.41. The van der Waals surface area contributed by atoms with E-state index in [1.165, 1.54) is 0 Å². The van der Waals surface area contributed by atoms with Crippen molar-refractivity contribution in [3.63, 3.8) is 0 Å². The zero-order valence-corrected chi connectivity index (χ0v) is 17.0. The number of halogens is 1. The highest BCUT2D eigenvalue weighted by molar-refractivity contribution is 7.80. The molecular formula is C20H21ClN4OS. The van der Waals surface area contributed by atoms with Crippen molar-refractivity contribution >= 4 is 40.3 Å². The van der Waals surface area contributed by atoms with Crippen LogP contribution in [0.25, 0.3) is 0 Å². The summed E-state index contributed by atoms with van der Waals surface area (Å²) in [5.41, 5.74) is 4.79. The van der Waals surface area contributed by atoms with Crippen LogP contribution in [0.1, 0.15) is 17.0 Å². The van der Waals surface area contributed by atoms with Crippen molar-refractivity contribution < 1.29 is 4.74 Å². The summed E-state index contributed by atoms with van der Waals surface area (Å²) in [4.78, 5) is 0. The highest BCUT2D eigenvalue weighted by Gasteiger charge is 2.13. The Morgan fingerprint density at radius 1 is 1.15 bits per heavy atom. The Kier molecular flexibility index (Phi) is 5.98. The van der Waals surface area contributed by atoms with Gasteiger partial charge in [0, 0.05) is 10.7 Å². The van der Waals surface area contributed by atoms with E-state index in [9.17, 15) is 0 Å². The van der Waals surface area contributed by atoms with Gasteiger partial charge in [-0.3, -0.25) is 4.68 Å². The number of hydrogen-bond donors (Lipinski definition) is 2. The average molecular weight is 401 g/mol. The number of methoxy groups -OCH3 is 1. The van der Waals surface area contributed by atoms with Crippen LogP contribution in [-0.2, 0) is 6.54 Å². The van der Waals surface area contributed by atoms with Gasteiger partial charge in [-0.1, -0.05) is 23.7 Å². The molecule has 0 amide bonds. The number of nitrogens with zero attached hydrogens (tertiary/aromatic N) is 2. The van der Waals surface area contributed by atoms with Gasteiger partial charge in [0.1, 0.15) is 5.75 Å². The van der Waals surface area contributed by atoms with Gasteiger partial charge < -0.3 is 15.4 Å². The minimum atomic E-state index is 0.504. The molecular weight excluding hydrogens is 380 g/mol. The van der Waals surface area contributed by atoms with Gasteiger partial charge in [0.05, 0.1) is 30.7 Å². The lowest BCUT2D eigenvalue weighted by Gasteiger charge is -2.11. The fourth-order valence-corrected chi connectivity index (χ4v) is 3.13. The molecule has 0 aliphatic heterocycles. The lowest BCUT2D eigenvalue weighted by molar-refractivity contribution is 0.414. The smallest absolute Gasteiger partial charge is 0.175 e. The number of benzene rings is 2. The number of hydrogen-bond acceptors (Lipinski definition) is 3. The van der Waals surface area contributed by atoms with Crippen molar-refractivity contribution in [3.05, 3.63) is 70.5 Å². The molecule has 2 N–H and O–H groups in total. The molecule has 0 unspecified atom stereocenters. The van der Waals surface area contributed by atoms with Crippen LogP contribution in [0.15, 0.2) is 48.5 Å². The normalized spacial score (nSPS) is 10.5. The molecule has 0 saturated heterocycles. The van der Waals surface area contributed by atoms with Crippen molar-refractivity contribution in [1.82, 2.24) is 9.78 Å². The maximum atomic E-state index is 5.91. The molecule has 27 heavy (non-hydrogen) atoms. The van der Waals surface area contributed by atoms with E-state index in [1.807, 2.05) is 61.0 Å². The van der Waals surface area contributed by atoms with E-state index in [0.29, 0.717) is 16.7 Å². The number of aryl methyl sites for hydroxylation is 1. The lowest BCUT2D eigenvalue weighted by atomic mass is 10.2. The van der Waals surface area contributed by atoms with Gasteiger partial charge in [-0.15, -0.1) is 0 Å². The number of rotatable bonds is 5. The zero-order valence-electron chi connectivity index (χ0n) is 15.4. The Hall–Kier alpha value is -2.57. The molecule has 0 saturated carbocycles. The monoisotopic (exact) mass is 400 g/mol. The van der Waals surface area contributed by atoms with Gasteiger partial charge in [-0.05, 0) is 68.0 Å². The molecule has 7 heteroatoms. The molecule has 5 nitrogen and oxygen atoms in total. The molecule has 0 aliphatic rings. The molecule has 1 aromatic heterocycles. The third-order valence-electron chi connectivity index (χ3n) is 4.19. The van der Waals surface area contributed by atoms with Crippen LogP contribution >= 0.6 is 23.8 Å². The first-order valence-corrected chi connectivity index (χ1v) is 9.25. The highest BCUT2D eigenvalue weighted by atomic mass is 35.5.